The fourth-order valence-electron chi connectivity index (χ4n) is 3.34. The molecule has 0 amide bonds. The molecule has 2 unspecified atom stereocenters. The average Bonchev–Trinajstić information content (AvgIpc) is 3.04. The normalized spacial score (nSPS) is 20.6. The van der Waals surface area contributed by atoms with Crippen molar-refractivity contribution >= 4 is 11.6 Å². The van der Waals surface area contributed by atoms with E-state index in [9.17, 15) is 5.11 Å². The molecule has 23 heavy (non-hydrogen) atoms. The number of rotatable bonds is 5. The first-order valence-corrected chi connectivity index (χ1v) is 8.59. The summed E-state index contributed by atoms with van der Waals surface area (Å²) in [5, 5.41) is 19.5. The molecular formula is C17H23ClN4O. The van der Waals surface area contributed by atoms with Gasteiger partial charge in [0.15, 0.2) is 0 Å². The highest BCUT2D eigenvalue weighted by Crippen LogP contribution is 2.28. The van der Waals surface area contributed by atoms with Crippen LogP contribution in [0.25, 0.3) is 0 Å². The second-order valence-corrected chi connectivity index (χ2v) is 6.52. The highest BCUT2D eigenvalue weighted by Gasteiger charge is 2.26. The van der Waals surface area contributed by atoms with Crippen LogP contribution in [0.4, 0.5) is 0 Å². The Morgan fingerprint density at radius 2 is 2.22 bits per heavy atom. The van der Waals surface area contributed by atoms with Crippen molar-refractivity contribution in [3.8, 4) is 0 Å². The van der Waals surface area contributed by atoms with E-state index in [-0.39, 0.29) is 0 Å². The molecular weight excluding hydrogens is 312 g/mol. The van der Waals surface area contributed by atoms with Gasteiger partial charge in [-0.3, -0.25) is 4.90 Å². The number of piperidine rings is 1. The maximum absolute atomic E-state index is 10.5. The highest BCUT2D eigenvalue weighted by atomic mass is 35.5. The fraction of sp³-hybridized carbons (Fsp3) is 0.529. The van der Waals surface area contributed by atoms with E-state index >= 15 is 0 Å². The first-order chi connectivity index (χ1) is 11.2. The number of aliphatic hydroxyl groups excluding tert-OH is 1. The maximum atomic E-state index is 10.5. The summed E-state index contributed by atoms with van der Waals surface area (Å²) < 4.78 is 2.11. The summed E-state index contributed by atoms with van der Waals surface area (Å²) in [6.45, 7) is 5.49. The van der Waals surface area contributed by atoms with Gasteiger partial charge in [-0.15, -0.1) is 10.2 Å². The SMILES string of the molecule is CCn1cnnc1C1CCCN(CC(O)c2ccccc2Cl)C1. The molecule has 1 saturated heterocycles. The van der Waals surface area contributed by atoms with E-state index in [1.165, 1.54) is 0 Å². The predicted molar refractivity (Wildman–Crippen MR) is 90.5 cm³/mol. The van der Waals surface area contributed by atoms with Crippen molar-refractivity contribution in [3.63, 3.8) is 0 Å². The number of aromatic nitrogens is 3. The van der Waals surface area contributed by atoms with Crippen LogP contribution >= 0.6 is 11.6 Å². The minimum Gasteiger partial charge on any atom is -0.387 e. The van der Waals surface area contributed by atoms with Crippen molar-refractivity contribution in [1.29, 1.82) is 0 Å². The number of nitrogens with zero attached hydrogens (tertiary/aromatic N) is 4. The number of aliphatic hydroxyl groups is 1. The zero-order valence-corrected chi connectivity index (χ0v) is 14.2. The van der Waals surface area contributed by atoms with E-state index in [4.69, 9.17) is 11.6 Å². The lowest BCUT2D eigenvalue weighted by Crippen LogP contribution is -2.38. The molecule has 2 atom stereocenters. The molecule has 1 fully saturated rings. The molecule has 0 aliphatic carbocycles. The number of likely N-dealkylation sites (tertiary alicyclic amines) is 1. The van der Waals surface area contributed by atoms with E-state index in [2.05, 4.69) is 26.6 Å². The summed E-state index contributed by atoms with van der Waals surface area (Å²) in [6.07, 6.45) is 3.47. The Hall–Kier alpha value is -1.43. The van der Waals surface area contributed by atoms with Gasteiger partial charge in [-0.25, -0.2) is 0 Å². The molecule has 0 saturated carbocycles. The smallest absolute Gasteiger partial charge is 0.137 e. The quantitative estimate of drug-likeness (QED) is 0.913. The number of halogens is 1. The van der Waals surface area contributed by atoms with Gasteiger partial charge >= 0.3 is 0 Å². The Balaban J connectivity index is 1.66. The molecule has 2 aromatic rings. The van der Waals surface area contributed by atoms with Crippen LogP contribution in [0.15, 0.2) is 30.6 Å². The van der Waals surface area contributed by atoms with Crippen molar-refractivity contribution in [2.24, 2.45) is 0 Å². The second kappa shape index (κ2) is 7.43. The summed E-state index contributed by atoms with van der Waals surface area (Å²) >= 11 is 6.19. The number of hydrogen-bond acceptors (Lipinski definition) is 4. The van der Waals surface area contributed by atoms with Crippen molar-refractivity contribution in [1.82, 2.24) is 19.7 Å². The van der Waals surface area contributed by atoms with Crippen LogP contribution in [-0.4, -0.2) is 44.4 Å². The number of benzene rings is 1. The van der Waals surface area contributed by atoms with Crippen LogP contribution in [0, 0.1) is 0 Å². The van der Waals surface area contributed by atoms with Crippen LogP contribution < -0.4 is 0 Å². The van der Waals surface area contributed by atoms with Crippen molar-refractivity contribution in [2.45, 2.75) is 38.3 Å². The van der Waals surface area contributed by atoms with E-state index in [0.717, 1.165) is 43.9 Å². The molecule has 0 bridgehead atoms. The van der Waals surface area contributed by atoms with Gasteiger partial charge in [0.25, 0.3) is 0 Å². The van der Waals surface area contributed by atoms with Crippen LogP contribution in [0.3, 0.4) is 0 Å². The van der Waals surface area contributed by atoms with Crippen molar-refractivity contribution < 1.29 is 5.11 Å². The molecule has 1 aromatic heterocycles. The minimum atomic E-state index is -0.563. The summed E-state index contributed by atoms with van der Waals surface area (Å²) in [5.74, 6) is 1.44. The van der Waals surface area contributed by atoms with Crippen molar-refractivity contribution in [2.75, 3.05) is 19.6 Å². The lowest BCUT2D eigenvalue weighted by atomic mass is 9.96. The fourth-order valence-corrected chi connectivity index (χ4v) is 3.61. The number of aryl methyl sites for hydroxylation is 1. The van der Waals surface area contributed by atoms with Crippen LogP contribution in [0.5, 0.6) is 0 Å². The van der Waals surface area contributed by atoms with E-state index < -0.39 is 6.10 Å². The Morgan fingerprint density at radius 1 is 1.39 bits per heavy atom. The first-order valence-electron chi connectivity index (χ1n) is 8.21. The zero-order valence-electron chi connectivity index (χ0n) is 13.4. The van der Waals surface area contributed by atoms with E-state index in [1.54, 1.807) is 6.33 Å². The number of hydrogen-bond donors (Lipinski definition) is 1. The average molecular weight is 335 g/mol. The van der Waals surface area contributed by atoms with Gasteiger partial charge in [0.2, 0.25) is 0 Å². The molecule has 1 N–H and O–H groups in total. The van der Waals surface area contributed by atoms with Crippen LogP contribution in [0.1, 0.15) is 43.2 Å². The molecule has 1 aliphatic heterocycles. The van der Waals surface area contributed by atoms with E-state index in [1.807, 2.05) is 24.3 Å². The molecule has 6 heteroatoms. The second-order valence-electron chi connectivity index (χ2n) is 6.11. The monoisotopic (exact) mass is 334 g/mol. The van der Waals surface area contributed by atoms with Gasteiger partial charge in [-0.05, 0) is 32.4 Å². The molecule has 2 heterocycles. The topological polar surface area (TPSA) is 54.2 Å². The van der Waals surface area contributed by atoms with Gasteiger partial charge in [0, 0.05) is 36.1 Å². The van der Waals surface area contributed by atoms with Gasteiger partial charge in [-0.1, -0.05) is 29.8 Å². The summed E-state index contributed by atoms with van der Waals surface area (Å²) in [6, 6.07) is 7.51. The predicted octanol–water partition coefficient (Wildman–Crippen LogP) is 2.86. The summed E-state index contributed by atoms with van der Waals surface area (Å²) in [7, 11) is 0. The Morgan fingerprint density at radius 3 is 3.00 bits per heavy atom. The zero-order chi connectivity index (χ0) is 16.2. The first kappa shape index (κ1) is 16.4. The lowest BCUT2D eigenvalue weighted by molar-refractivity contribution is 0.0941. The Labute approximate surface area is 141 Å². The molecule has 3 rings (SSSR count). The third-order valence-corrected chi connectivity index (χ3v) is 4.90. The van der Waals surface area contributed by atoms with E-state index in [0.29, 0.717) is 17.5 Å². The lowest BCUT2D eigenvalue weighted by Gasteiger charge is -2.33. The van der Waals surface area contributed by atoms with Gasteiger partial charge in [0.05, 0.1) is 6.10 Å². The van der Waals surface area contributed by atoms with Crippen molar-refractivity contribution in [3.05, 3.63) is 47.0 Å². The van der Waals surface area contributed by atoms with Gasteiger partial charge in [-0.2, -0.15) is 0 Å². The molecule has 1 aromatic carbocycles. The molecule has 5 nitrogen and oxygen atoms in total. The summed E-state index contributed by atoms with van der Waals surface area (Å²) in [5.41, 5.74) is 0.799. The minimum absolute atomic E-state index is 0.379. The standard InChI is InChI=1S/C17H23ClN4O/c1-2-22-12-19-20-17(22)13-6-5-9-21(10-13)11-16(23)14-7-3-4-8-15(14)18/h3-4,7-8,12-13,16,23H,2,5-6,9-11H2,1H3. The molecule has 0 radical (unpaired) electrons. The molecule has 1 aliphatic rings. The third kappa shape index (κ3) is 3.74. The van der Waals surface area contributed by atoms with Gasteiger partial charge < -0.3 is 9.67 Å². The molecule has 124 valence electrons. The number of β-amino-alcohol motifs (C(OH)–C–C–N with tert-alkyl or cyclic N) is 1. The maximum Gasteiger partial charge on any atom is 0.137 e. The largest absolute Gasteiger partial charge is 0.387 e. The Bertz CT molecular complexity index is 645. The van der Waals surface area contributed by atoms with Crippen LogP contribution in [-0.2, 0) is 6.54 Å². The Kier molecular flexibility index (Phi) is 5.30. The summed E-state index contributed by atoms with van der Waals surface area (Å²) in [4.78, 5) is 2.30. The van der Waals surface area contributed by atoms with Crippen LogP contribution in [0.2, 0.25) is 5.02 Å². The highest BCUT2D eigenvalue weighted by molar-refractivity contribution is 6.31. The van der Waals surface area contributed by atoms with Gasteiger partial charge in [0.1, 0.15) is 12.2 Å². The molecule has 0 spiro atoms. The third-order valence-electron chi connectivity index (χ3n) is 4.55.